The Balaban J connectivity index is 2.03. The maximum absolute atomic E-state index is 11.9. The SMILES string of the molecule is CCCC(=O)NCCOC(C)(C)OCCNC(=O)CCN1CCN(C)CC1. The van der Waals surface area contributed by atoms with Gasteiger partial charge in [-0.05, 0) is 27.3 Å². The van der Waals surface area contributed by atoms with Gasteiger partial charge < -0.3 is 29.9 Å². The molecule has 2 N–H and O–H groups in total. The Bertz CT molecular complexity index is 437. The Morgan fingerprint density at radius 3 is 1.96 bits per heavy atom. The molecule has 1 aliphatic rings. The third kappa shape index (κ3) is 12.0. The molecule has 0 radical (unpaired) electrons. The quantitative estimate of drug-likeness (QED) is 0.353. The van der Waals surface area contributed by atoms with E-state index in [0.717, 1.165) is 39.1 Å². The fraction of sp³-hybridized carbons (Fsp3) is 0.895. The van der Waals surface area contributed by atoms with Crippen molar-refractivity contribution in [1.82, 2.24) is 20.4 Å². The lowest BCUT2D eigenvalue weighted by atomic mass is 10.3. The van der Waals surface area contributed by atoms with Crippen molar-refractivity contribution in [2.24, 2.45) is 0 Å². The van der Waals surface area contributed by atoms with Gasteiger partial charge in [-0.2, -0.15) is 0 Å². The number of amides is 2. The molecule has 1 saturated heterocycles. The first kappa shape index (κ1) is 23.8. The van der Waals surface area contributed by atoms with Gasteiger partial charge in [-0.3, -0.25) is 9.59 Å². The highest BCUT2D eigenvalue weighted by Gasteiger charge is 2.19. The zero-order chi connectivity index (χ0) is 20.1. The Morgan fingerprint density at radius 1 is 0.926 bits per heavy atom. The molecule has 0 aliphatic carbocycles. The van der Waals surface area contributed by atoms with Crippen LogP contribution in [0.4, 0.5) is 0 Å². The predicted molar refractivity (Wildman–Crippen MR) is 105 cm³/mol. The molecular weight excluding hydrogens is 348 g/mol. The van der Waals surface area contributed by atoms with Crippen molar-refractivity contribution in [3.63, 3.8) is 0 Å². The minimum absolute atomic E-state index is 0.0408. The summed E-state index contributed by atoms with van der Waals surface area (Å²) in [5.74, 6) is -0.658. The normalized spacial score (nSPS) is 16.3. The van der Waals surface area contributed by atoms with Crippen LogP contribution in [0.25, 0.3) is 0 Å². The molecule has 0 spiro atoms. The van der Waals surface area contributed by atoms with Gasteiger partial charge in [0, 0.05) is 58.7 Å². The Kier molecular flexibility index (Phi) is 11.5. The van der Waals surface area contributed by atoms with Gasteiger partial charge >= 0.3 is 0 Å². The van der Waals surface area contributed by atoms with Crippen LogP contribution in [0.5, 0.6) is 0 Å². The van der Waals surface area contributed by atoms with Crippen LogP contribution < -0.4 is 10.6 Å². The second kappa shape index (κ2) is 13.0. The summed E-state index contributed by atoms with van der Waals surface area (Å²) >= 11 is 0. The second-order valence-corrected chi connectivity index (χ2v) is 7.44. The molecule has 1 heterocycles. The topological polar surface area (TPSA) is 83.1 Å². The lowest BCUT2D eigenvalue weighted by molar-refractivity contribution is -0.211. The van der Waals surface area contributed by atoms with Gasteiger partial charge in [0.05, 0.1) is 13.2 Å². The molecule has 0 aromatic heterocycles. The summed E-state index contributed by atoms with van der Waals surface area (Å²) in [6, 6.07) is 0. The van der Waals surface area contributed by atoms with Gasteiger partial charge in [-0.25, -0.2) is 0 Å². The Labute approximate surface area is 163 Å². The second-order valence-electron chi connectivity index (χ2n) is 7.44. The first-order chi connectivity index (χ1) is 12.8. The fourth-order valence-electron chi connectivity index (χ4n) is 2.75. The number of likely N-dealkylation sites (N-methyl/N-ethyl adjacent to an activating group) is 1. The van der Waals surface area contributed by atoms with E-state index in [1.807, 2.05) is 20.8 Å². The van der Waals surface area contributed by atoms with E-state index in [4.69, 9.17) is 9.47 Å². The van der Waals surface area contributed by atoms with Crippen molar-refractivity contribution in [2.45, 2.75) is 45.8 Å². The van der Waals surface area contributed by atoms with E-state index in [0.29, 0.717) is 39.1 Å². The third-order valence-corrected chi connectivity index (χ3v) is 4.48. The van der Waals surface area contributed by atoms with Crippen LogP contribution in [0.2, 0.25) is 0 Å². The molecule has 1 fully saturated rings. The number of ether oxygens (including phenoxy) is 2. The van der Waals surface area contributed by atoms with E-state index in [1.54, 1.807) is 0 Å². The van der Waals surface area contributed by atoms with Crippen LogP contribution >= 0.6 is 0 Å². The van der Waals surface area contributed by atoms with E-state index in [-0.39, 0.29) is 11.8 Å². The van der Waals surface area contributed by atoms with Crippen molar-refractivity contribution in [3.05, 3.63) is 0 Å². The smallest absolute Gasteiger partial charge is 0.221 e. The number of rotatable bonds is 13. The summed E-state index contributed by atoms with van der Waals surface area (Å²) in [5.41, 5.74) is 0. The van der Waals surface area contributed by atoms with E-state index >= 15 is 0 Å². The van der Waals surface area contributed by atoms with Gasteiger partial charge in [0.2, 0.25) is 11.8 Å². The zero-order valence-electron chi connectivity index (χ0n) is 17.5. The highest BCUT2D eigenvalue weighted by molar-refractivity contribution is 5.76. The number of nitrogens with zero attached hydrogens (tertiary/aromatic N) is 2. The van der Waals surface area contributed by atoms with Crippen LogP contribution in [0.1, 0.15) is 40.0 Å². The molecule has 0 unspecified atom stereocenters. The first-order valence-electron chi connectivity index (χ1n) is 10.0. The van der Waals surface area contributed by atoms with Gasteiger partial charge in [0.15, 0.2) is 5.79 Å². The monoisotopic (exact) mass is 386 g/mol. The number of hydrogen-bond acceptors (Lipinski definition) is 6. The number of carbonyl (C=O) groups is 2. The van der Waals surface area contributed by atoms with Crippen molar-refractivity contribution in [1.29, 1.82) is 0 Å². The minimum Gasteiger partial charge on any atom is -0.354 e. The summed E-state index contributed by atoms with van der Waals surface area (Å²) in [5, 5.41) is 5.68. The number of hydrogen-bond donors (Lipinski definition) is 2. The van der Waals surface area contributed by atoms with Crippen molar-refractivity contribution in [3.8, 4) is 0 Å². The molecule has 0 atom stereocenters. The average molecular weight is 387 g/mol. The van der Waals surface area contributed by atoms with Crippen LogP contribution in [-0.2, 0) is 19.1 Å². The maximum atomic E-state index is 11.9. The van der Waals surface area contributed by atoms with Crippen LogP contribution in [0.3, 0.4) is 0 Å². The third-order valence-electron chi connectivity index (χ3n) is 4.48. The number of piperazine rings is 1. The molecular formula is C19H38N4O4. The summed E-state index contributed by atoms with van der Waals surface area (Å²) in [6.07, 6.45) is 1.89. The molecule has 8 heteroatoms. The first-order valence-corrected chi connectivity index (χ1v) is 10.0. The molecule has 0 aromatic rings. The van der Waals surface area contributed by atoms with Gasteiger partial charge in [0.25, 0.3) is 0 Å². The summed E-state index contributed by atoms with van der Waals surface area (Å²) in [4.78, 5) is 27.9. The summed E-state index contributed by atoms with van der Waals surface area (Å²) in [6.45, 7) is 12.3. The average Bonchev–Trinajstić information content (AvgIpc) is 2.62. The van der Waals surface area contributed by atoms with E-state index < -0.39 is 5.79 Å². The minimum atomic E-state index is -0.750. The maximum Gasteiger partial charge on any atom is 0.221 e. The molecule has 1 aliphatic heterocycles. The molecule has 8 nitrogen and oxygen atoms in total. The van der Waals surface area contributed by atoms with E-state index in [9.17, 15) is 9.59 Å². The lowest BCUT2D eigenvalue weighted by Crippen LogP contribution is -2.45. The highest BCUT2D eigenvalue weighted by Crippen LogP contribution is 2.10. The number of carbonyl (C=O) groups excluding carboxylic acids is 2. The Hall–Kier alpha value is -1.22. The molecule has 27 heavy (non-hydrogen) atoms. The van der Waals surface area contributed by atoms with Crippen molar-refractivity contribution in [2.75, 3.05) is 66.1 Å². The molecule has 0 aromatic carbocycles. The lowest BCUT2D eigenvalue weighted by Gasteiger charge is -2.32. The van der Waals surface area contributed by atoms with E-state index in [1.165, 1.54) is 0 Å². The zero-order valence-corrected chi connectivity index (χ0v) is 17.5. The van der Waals surface area contributed by atoms with Gasteiger partial charge in [0.1, 0.15) is 0 Å². The molecule has 158 valence electrons. The molecule has 2 amide bonds. The molecule has 0 bridgehead atoms. The van der Waals surface area contributed by atoms with E-state index in [2.05, 4.69) is 27.5 Å². The fourth-order valence-corrected chi connectivity index (χ4v) is 2.75. The van der Waals surface area contributed by atoms with Crippen LogP contribution in [0, 0.1) is 0 Å². The van der Waals surface area contributed by atoms with Crippen LogP contribution in [-0.4, -0.2) is 93.5 Å². The largest absolute Gasteiger partial charge is 0.354 e. The van der Waals surface area contributed by atoms with Gasteiger partial charge in [-0.15, -0.1) is 0 Å². The van der Waals surface area contributed by atoms with Crippen LogP contribution in [0.15, 0.2) is 0 Å². The number of nitrogens with one attached hydrogen (secondary N) is 2. The van der Waals surface area contributed by atoms with Gasteiger partial charge in [-0.1, -0.05) is 6.92 Å². The Morgan fingerprint density at radius 2 is 1.44 bits per heavy atom. The van der Waals surface area contributed by atoms with Crippen molar-refractivity contribution >= 4 is 11.8 Å². The van der Waals surface area contributed by atoms with Crippen molar-refractivity contribution < 1.29 is 19.1 Å². The highest BCUT2D eigenvalue weighted by atomic mass is 16.7. The molecule has 0 saturated carbocycles. The molecule has 1 rings (SSSR count). The summed E-state index contributed by atoms with van der Waals surface area (Å²) in [7, 11) is 2.12. The summed E-state index contributed by atoms with van der Waals surface area (Å²) < 4.78 is 11.3. The standard InChI is InChI=1S/C19H38N4O4/c1-5-6-17(24)20-8-15-26-19(2,3)27-16-9-21-18(25)7-10-23-13-11-22(4)12-14-23/h5-16H2,1-4H3,(H,20,24)(H,21,25). The predicted octanol–water partition coefficient (Wildman–Crippen LogP) is 0.426.